The molecule has 2 N–H and O–H groups in total. The van der Waals surface area contributed by atoms with Crippen molar-refractivity contribution in [1.82, 2.24) is 30.0 Å². The van der Waals surface area contributed by atoms with Gasteiger partial charge in [0.05, 0.1) is 29.5 Å². The summed E-state index contributed by atoms with van der Waals surface area (Å²) in [6.45, 7) is 3.15. The summed E-state index contributed by atoms with van der Waals surface area (Å²) in [6.07, 6.45) is 3.15. The lowest BCUT2D eigenvalue weighted by Gasteiger charge is -2.40. The molecule has 1 aliphatic heterocycles. The van der Waals surface area contributed by atoms with Crippen LogP contribution >= 0.6 is 0 Å². The lowest BCUT2D eigenvalue weighted by atomic mass is 10.1. The van der Waals surface area contributed by atoms with Crippen LogP contribution in [-0.2, 0) is 17.6 Å². The van der Waals surface area contributed by atoms with Crippen LogP contribution in [0.1, 0.15) is 23.1 Å². The van der Waals surface area contributed by atoms with Gasteiger partial charge in [0.1, 0.15) is 11.9 Å². The molecule has 41 heavy (non-hydrogen) atoms. The zero-order valence-corrected chi connectivity index (χ0v) is 22.8. The highest BCUT2D eigenvalue weighted by Crippen LogP contribution is 2.29. The number of para-hydroxylation sites is 1. The molecular weight excluding hydrogens is 508 g/mol. The van der Waals surface area contributed by atoms with E-state index in [9.17, 15) is 4.79 Å². The summed E-state index contributed by atoms with van der Waals surface area (Å²) in [4.78, 5) is 26.7. The molecule has 1 amide bonds. The lowest BCUT2D eigenvalue weighted by molar-refractivity contribution is -0.136. The van der Waals surface area contributed by atoms with E-state index in [0.29, 0.717) is 6.54 Å². The van der Waals surface area contributed by atoms with Gasteiger partial charge in [0.15, 0.2) is 0 Å². The van der Waals surface area contributed by atoms with Gasteiger partial charge in [-0.15, -0.1) is 0 Å². The van der Waals surface area contributed by atoms with Crippen molar-refractivity contribution in [2.45, 2.75) is 18.9 Å². The monoisotopic (exact) mass is 540 g/mol. The molecule has 0 saturated carbocycles. The molecule has 2 aromatic heterocycles. The van der Waals surface area contributed by atoms with Crippen molar-refractivity contribution >= 4 is 27.6 Å². The largest absolute Gasteiger partial charge is 0.340 e. The van der Waals surface area contributed by atoms with Crippen molar-refractivity contribution in [3.05, 3.63) is 120 Å². The van der Waals surface area contributed by atoms with Gasteiger partial charge >= 0.3 is 0 Å². The number of aromatic amines is 2. The van der Waals surface area contributed by atoms with E-state index in [1.807, 2.05) is 35.4 Å². The first-order chi connectivity index (χ1) is 20.2. The number of nitrogens with one attached hydrogen (secondary N) is 2. The zero-order valence-electron chi connectivity index (χ0n) is 22.8. The molecule has 0 aliphatic carbocycles. The van der Waals surface area contributed by atoms with Crippen molar-refractivity contribution < 1.29 is 4.79 Å². The number of carbonyl (C=O) groups excluding carboxylic acids is 1. The quantitative estimate of drug-likeness (QED) is 0.269. The maximum Gasteiger partial charge on any atom is 0.229 e. The van der Waals surface area contributed by atoms with E-state index in [-0.39, 0.29) is 18.4 Å². The van der Waals surface area contributed by atoms with Crippen molar-refractivity contribution in [3.8, 4) is 11.3 Å². The second-order valence-electron chi connectivity index (χ2n) is 10.8. The highest BCUT2D eigenvalue weighted by molar-refractivity contribution is 5.88. The molecule has 1 aliphatic rings. The van der Waals surface area contributed by atoms with Crippen molar-refractivity contribution in [3.63, 3.8) is 0 Å². The van der Waals surface area contributed by atoms with Crippen LogP contribution in [0.4, 0.5) is 0 Å². The normalized spacial score (nSPS) is 16.0. The number of nitrogens with zero attached hydrogens (tertiary/aromatic N) is 4. The lowest BCUT2D eigenvalue weighted by Crippen LogP contribution is -2.51. The Bertz CT molecular complexity index is 1810. The molecule has 4 aromatic carbocycles. The van der Waals surface area contributed by atoms with Crippen LogP contribution in [0, 0.1) is 0 Å². The highest BCUT2D eigenvalue weighted by atomic mass is 16.2. The van der Waals surface area contributed by atoms with E-state index in [1.165, 1.54) is 16.3 Å². The second-order valence-corrected chi connectivity index (χ2v) is 10.8. The Morgan fingerprint density at radius 2 is 1.68 bits per heavy atom. The van der Waals surface area contributed by atoms with Gasteiger partial charge in [0.2, 0.25) is 5.91 Å². The summed E-state index contributed by atoms with van der Waals surface area (Å²) >= 11 is 0. The number of H-pyrrole nitrogens is 2. The number of carbonyl (C=O) groups is 1. The Balaban J connectivity index is 1.15. The molecule has 7 rings (SSSR count). The van der Waals surface area contributed by atoms with E-state index >= 15 is 0 Å². The molecule has 1 fully saturated rings. The predicted molar refractivity (Wildman–Crippen MR) is 162 cm³/mol. The van der Waals surface area contributed by atoms with Crippen LogP contribution in [0.25, 0.3) is 32.9 Å². The van der Waals surface area contributed by atoms with Gasteiger partial charge in [0.25, 0.3) is 0 Å². The molecule has 0 radical (unpaired) electrons. The van der Waals surface area contributed by atoms with E-state index in [4.69, 9.17) is 4.98 Å². The molecule has 6 aromatic rings. The molecule has 1 saturated heterocycles. The van der Waals surface area contributed by atoms with Gasteiger partial charge in [0, 0.05) is 37.1 Å². The molecule has 1 atom stereocenters. The minimum absolute atomic E-state index is 0.0794. The summed E-state index contributed by atoms with van der Waals surface area (Å²) < 4.78 is 0. The number of hydrogen-bond donors (Lipinski definition) is 2. The summed E-state index contributed by atoms with van der Waals surface area (Å²) in [5.74, 6) is 0.899. The summed E-state index contributed by atoms with van der Waals surface area (Å²) in [6, 6.07) is 33.1. The predicted octanol–water partition coefficient (Wildman–Crippen LogP) is 5.78. The van der Waals surface area contributed by atoms with Gasteiger partial charge in [-0.1, -0.05) is 84.9 Å². The average Bonchev–Trinajstić information content (AvgIpc) is 3.68. The van der Waals surface area contributed by atoms with Crippen molar-refractivity contribution in [2.24, 2.45) is 0 Å². The zero-order chi connectivity index (χ0) is 27.6. The molecule has 7 heteroatoms. The number of hydrogen-bond acceptors (Lipinski definition) is 4. The van der Waals surface area contributed by atoms with Gasteiger partial charge in [-0.3, -0.25) is 14.8 Å². The number of rotatable bonds is 7. The first kappa shape index (κ1) is 25.2. The molecule has 3 heterocycles. The maximum absolute atomic E-state index is 13.8. The van der Waals surface area contributed by atoms with Gasteiger partial charge in [-0.05, 0) is 34.9 Å². The van der Waals surface area contributed by atoms with Crippen LogP contribution in [-0.4, -0.2) is 62.1 Å². The van der Waals surface area contributed by atoms with Crippen LogP contribution < -0.4 is 0 Å². The van der Waals surface area contributed by atoms with Crippen molar-refractivity contribution in [1.29, 1.82) is 0 Å². The summed E-state index contributed by atoms with van der Waals surface area (Å²) in [7, 11) is 0. The Morgan fingerprint density at radius 3 is 2.59 bits per heavy atom. The fourth-order valence-corrected chi connectivity index (χ4v) is 5.92. The van der Waals surface area contributed by atoms with Crippen LogP contribution in [0.3, 0.4) is 0 Å². The maximum atomic E-state index is 13.8. The molecule has 0 spiro atoms. The number of amides is 1. The van der Waals surface area contributed by atoms with Crippen LogP contribution in [0.2, 0.25) is 0 Å². The summed E-state index contributed by atoms with van der Waals surface area (Å²) in [5.41, 5.74) is 5.10. The molecule has 204 valence electrons. The third-order valence-electron chi connectivity index (χ3n) is 8.18. The molecule has 0 bridgehead atoms. The second kappa shape index (κ2) is 11.0. The van der Waals surface area contributed by atoms with Gasteiger partial charge < -0.3 is 9.88 Å². The van der Waals surface area contributed by atoms with Gasteiger partial charge in [-0.2, -0.15) is 5.10 Å². The van der Waals surface area contributed by atoms with E-state index in [1.54, 1.807) is 0 Å². The van der Waals surface area contributed by atoms with Crippen LogP contribution in [0.5, 0.6) is 0 Å². The fraction of sp³-hybridized carbons (Fsp3) is 0.206. The Hall–Kier alpha value is -4.75. The van der Waals surface area contributed by atoms with E-state index in [2.05, 4.69) is 92.9 Å². The minimum atomic E-state index is -0.171. The third kappa shape index (κ3) is 5.24. The van der Waals surface area contributed by atoms with Crippen LogP contribution in [0.15, 0.2) is 103 Å². The number of benzene rings is 4. The number of imidazole rings is 1. The number of aromatic nitrogens is 4. The SMILES string of the molecule is O=C(Cc1[nH]nc2ccccc12)N1CCN(CCc2ccccc2)CC1c1ncc(-c2ccc3ccccc3c2)[nH]1. The third-order valence-corrected chi connectivity index (χ3v) is 8.18. The smallest absolute Gasteiger partial charge is 0.229 e. The first-order valence-electron chi connectivity index (χ1n) is 14.2. The van der Waals surface area contributed by atoms with Crippen molar-refractivity contribution in [2.75, 3.05) is 26.2 Å². The number of piperazine rings is 1. The highest BCUT2D eigenvalue weighted by Gasteiger charge is 2.33. The average molecular weight is 541 g/mol. The standard InChI is InChI=1S/C34H32N6O/c41-33(21-30-28-12-6-7-13-29(28)37-38-30)40-19-18-39(17-16-24-8-2-1-3-9-24)23-32(40)34-35-22-31(36-34)27-15-14-25-10-4-5-11-26(25)20-27/h1-15,20,22,32H,16-19,21,23H2,(H,35,36)(H,37,38). The Kier molecular flexibility index (Phi) is 6.78. The molecule has 1 unspecified atom stereocenters. The Labute approximate surface area is 238 Å². The molecule has 7 nitrogen and oxygen atoms in total. The summed E-state index contributed by atoms with van der Waals surface area (Å²) in [5, 5.41) is 10.9. The van der Waals surface area contributed by atoms with Gasteiger partial charge in [-0.25, -0.2) is 4.98 Å². The number of fused-ring (bicyclic) bond motifs is 2. The first-order valence-corrected chi connectivity index (χ1v) is 14.2. The van der Waals surface area contributed by atoms with E-state index in [0.717, 1.165) is 59.7 Å². The molecular formula is C34H32N6O. The Morgan fingerprint density at radius 1 is 0.878 bits per heavy atom. The topological polar surface area (TPSA) is 80.9 Å². The van der Waals surface area contributed by atoms with E-state index < -0.39 is 0 Å². The fourth-order valence-electron chi connectivity index (χ4n) is 5.92. The minimum Gasteiger partial charge on any atom is -0.340 e.